The molecule has 138 valence electrons. The molecule has 27 heavy (non-hydrogen) atoms. The molecule has 0 bridgehead atoms. The second kappa shape index (κ2) is 9.00. The van der Waals surface area contributed by atoms with Crippen LogP contribution in [-0.2, 0) is 4.79 Å². The molecule has 0 saturated heterocycles. The zero-order chi connectivity index (χ0) is 19.1. The van der Waals surface area contributed by atoms with Crippen molar-refractivity contribution in [3.63, 3.8) is 0 Å². The van der Waals surface area contributed by atoms with Gasteiger partial charge in [-0.3, -0.25) is 10.1 Å². The van der Waals surface area contributed by atoms with Crippen molar-refractivity contribution < 1.29 is 14.3 Å². The first-order valence-corrected chi connectivity index (χ1v) is 9.38. The van der Waals surface area contributed by atoms with Gasteiger partial charge in [0.15, 0.2) is 5.13 Å². The Morgan fingerprint density at radius 2 is 2.00 bits per heavy atom. The van der Waals surface area contributed by atoms with Crippen molar-refractivity contribution in [3.8, 4) is 22.8 Å². The van der Waals surface area contributed by atoms with E-state index in [1.54, 1.807) is 13.2 Å². The molecule has 0 fully saturated rings. The predicted molar refractivity (Wildman–Crippen MR) is 109 cm³/mol. The Hall–Kier alpha value is -3.12. The smallest absolute Gasteiger partial charge is 0.250 e. The number of thiazole rings is 1. The maximum absolute atomic E-state index is 12.1. The number of amides is 1. The van der Waals surface area contributed by atoms with Gasteiger partial charge in [-0.25, -0.2) is 4.98 Å². The molecule has 0 aliphatic carbocycles. The Labute approximate surface area is 162 Å². The zero-order valence-electron chi connectivity index (χ0n) is 15.1. The van der Waals surface area contributed by atoms with E-state index in [2.05, 4.69) is 10.3 Å². The van der Waals surface area contributed by atoms with Crippen molar-refractivity contribution in [2.75, 3.05) is 19.0 Å². The van der Waals surface area contributed by atoms with Gasteiger partial charge in [0.05, 0.1) is 19.4 Å². The fraction of sp³-hybridized carbons (Fsp3) is 0.143. The molecule has 0 spiro atoms. The van der Waals surface area contributed by atoms with Gasteiger partial charge in [0, 0.05) is 17.0 Å². The minimum absolute atomic E-state index is 0.226. The van der Waals surface area contributed by atoms with E-state index < -0.39 is 0 Å². The molecule has 0 aliphatic rings. The maximum atomic E-state index is 12.1. The van der Waals surface area contributed by atoms with Crippen LogP contribution >= 0.6 is 11.3 Å². The SMILES string of the molecule is CCOc1ccc(C=CC(=O)Nc2nc(-c3cccc(OC)c3)cs2)cc1. The topological polar surface area (TPSA) is 60.5 Å². The number of nitrogens with one attached hydrogen (secondary N) is 1. The second-order valence-corrected chi connectivity index (χ2v) is 6.45. The summed E-state index contributed by atoms with van der Waals surface area (Å²) in [6.07, 6.45) is 3.24. The minimum atomic E-state index is -0.226. The van der Waals surface area contributed by atoms with Crippen molar-refractivity contribution in [1.82, 2.24) is 4.98 Å². The van der Waals surface area contributed by atoms with Crippen molar-refractivity contribution in [3.05, 3.63) is 65.6 Å². The van der Waals surface area contributed by atoms with Crippen molar-refractivity contribution >= 4 is 28.5 Å². The number of methoxy groups -OCH3 is 1. The van der Waals surface area contributed by atoms with E-state index in [-0.39, 0.29) is 5.91 Å². The van der Waals surface area contributed by atoms with Crippen LogP contribution in [0.1, 0.15) is 12.5 Å². The summed E-state index contributed by atoms with van der Waals surface area (Å²) in [6, 6.07) is 15.2. The molecule has 1 N–H and O–H groups in total. The third-order valence-electron chi connectivity index (χ3n) is 3.72. The number of nitrogens with zero attached hydrogens (tertiary/aromatic N) is 1. The average molecular weight is 380 g/mol. The van der Waals surface area contributed by atoms with E-state index in [4.69, 9.17) is 9.47 Å². The molecule has 6 heteroatoms. The van der Waals surface area contributed by atoms with E-state index in [0.717, 1.165) is 28.3 Å². The van der Waals surface area contributed by atoms with Gasteiger partial charge >= 0.3 is 0 Å². The largest absolute Gasteiger partial charge is 0.497 e. The Bertz CT molecular complexity index is 933. The molecule has 0 atom stereocenters. The number of aromatic nitrogens is 1. The van der Waals surface area contributed by atoms with Crippen LogP contribution in [0.3, 0.4) is 0 Å². The summed E-state index contributed by atoms with van der Waals surface area (Å²) in [4.78, 5) is 16.6. The highest BCUT2D eigenvalue weighted by Crippen LogP contribution is 2.27. The predicted octanol–water partition coefficient (Wildman–Crippen LogP) is 4.87. The molecule has 0 radical (unpaired) electrons. The summed E-state index contributed by atoms with van der Waals surface area (Å²) in [5.74, 6) is 1.35. The number of carbonyl (C=O) groups excluding carboxylic acids is 1. The molecule has 0 unspecified atom stereocenters. The lowest BCUT2D eigenvalue weighted by molar-refractivity contribution is -0.111. The summed E-state index contributed by atoms with van der Waals surface area (Å²) in [6.45, 7) is 2.57. The highest BCUT2D eigenvalue weighted by Gasteiger charge is 2.07. The molecule has 1 amide bonds. The number of benzene rings is 2. The molecule has 1 aromatic heterocycles. The van der Waals surface area contributed by atoms with Gasteiger partial charge in [-0.1, -0.05) is 24.3 Å². The summed E-state index contributed by atoms with van der Waals surface area (Å²) < 4.78 is 10.6. The van der Waals surface area contributed by atoms with Crippen LogP contribution in [0.5, 0.6) is 11.5 Å². The standard InChI is InChI=1S/C21H20N2O3S/c1-3-26-17-10-7-15(8-11-17)9-12-20(24)23-21-22-19(14-27-21)16-5-4-6-18(13-16)25-2/h4-14H,3H2,1-2H3,(H,22,23,24). The lowest BCUT2D eigenvalue weighted by Gasteiger charge is -2.02. The number of hydrogen-bond donors (Lipinski definition) is 1. The van der Waals surface area contributed by atoms with Crippen molar-refractivity contribution in [2.45, 2.75) is 6.92 Å². The van der Waals surface area contributed by atoms with Crippen LogP contribution in [0.2, 0.25) is 0 Å². The maximum Gasteiger partial charge on any atom is 0.250 e. The normalized spacial score (nSPS) is 10.7. The van der Waals surface area contributed by atoms with E-state index in [9.17, 15) is 4.79 Å². The summed E-state index contributed by atoms with van der Waals surface area (Å²) in [7, 11) is 1.63. The summed E-state index contributed by atoms with van der Waals surface area (Å²) in [5.41, 5.74) is 2.66. The summed E-state index contributed by atoms with van der Waals surface area (Å²) in [5, 5.41) is 5.24. The lowest BCUT2D eigenvalue weighted by Crippen LogP contribution is -2.07. The van der Waals surface area contributed by atoms with E-state index in [1.807, 2.05) is 60.8 Å². The number of ether oxygens (including phenoxy) is 2. The van der Waals surface area contributed by atoms with E-state index >= 15 is 0 Å². The number of rotatable bonds is 7. The molecular formula is C21H20N2O3S. The number of anilines is 1. The van der Waals surface area contributed by atoms with Gasteiger partial charge in [-0.05, 0) is 42.8 Å². The van der Waals surface area contributed by atoms with Gasteiger partial charge in [0.2, 0.25) is 5.91 Å². The molecule has 3 aromatic rings. The zero-order valence-corrected chi connectivity index (χ0v) is 16.0. The Morgan fingerprint density at radius 3 is 2.74 bits per heavy atom. The first kappa shape index (κ1) is 18.7. The molecule has 5 nitrogen and oxygen atoms in total. The Kier molecular flexibility index (Phi) is 6.22. The average Bonchev–Trinajstić information content (AvgIpc) is 3.16. The van der Waals surface area contributed by atoms with Gasteiger partial charge in [0.25, 0.3) is 0 Å². The van der Waals surface area contributed by atoms with Crippen molar-refractivity contribution in [2.24, 2.45) is 0 Å². The first-order valence-electron chi connectivity index (χ1n) is 8.50. The summed E-state index contributed by atoms with van der Waals surface area (Å²) >= 11 is 1.38. The van der Waals surface area contributed by atoms with Gasteiger partial charge in [-0.15, -0.1) is 11.3 Å². The highest BCUT2D eigenvalue weighted by molar-refractivity contribution is 7.14. The van der Waals surface area contributed by atoms with E-state index in [1.165, 1.54) is 17.4 Å². The Balaban J connectivity index is 1.62. The van der Waals surface area contributed by atoms with Crippen LogP contribution in [0.25, 0.3) is 17.3 Å². The van der Waals surface area contributed by atoms with Crippen LogP contribution in [-0.4, -0.2) is 24.6 Å². The number of carbonyl (C=O) groups is 1. The minimum Gasteiger partial charge on any atom is -0.497 e. The molecule has 0 saturated carbocycles. The molecule has 0 aliphatic heterocycles. The molecular weight excluding hydrogens is 360 g/mol. The third kappa shape index (κ3) is 5.18. The van der Waals surface area contributed by atoms with Gasteiger partial charge in [-0.2, -0.15) is 0 Å². The van der Waals surface area contributed by atoms with Crippen LogP contribution in [0.15, 0.2) is 60.0 Å². The number of hydrogen-bond acceptors (Lipinski definition) is 5. The fourth-order valence-electron chi connectivity index (χ4n) is 2.41. The monoisotopic (exact) mass is 380 g/mol. The van der Waals surface area contributed by atoms with Crippen LogP contribution < -0.4 is 14.8 Å². The van der Waals surface area contributed by atoms with Crippen LogP contribution in [0.4, 0.5) is 5.13 Å². The molecule has 1 heterocycles. The highest BCUT2D eigenvalue weighted by atomic mass is 32.1. The lowest BCUT2D eigenvalue weighted by atomic mass is 10.2. The van der Waals surface area contributed by atoms with Gasteiger partial charge < -0.3 is 9.47 Å². The quantitative estimate of drug-likeness (QED) is 0.594. The fourth-order valence-corrected chi connectivity index (χ4v) is 3.13. The molecule has 2 aromatic carbocycles. The molecule has 3 rings (SSSR count). The van der Waals surface area contributed by atoms with Crippen LogP contribution in [0, 0.1) is 0 Å². The first-order chi connectivity index (χ1) is 13.2. The van der Waals surface area contributed by atoms with Crippen molar-refractivity contribution in [1.29, 1.82) is 0 Å². The van der Waals surface area contributed by atoms with Gasteiger partial charge in [0.1, 0.15) is 11.5 Å². The second-order valence-electron chi connectivity index (χ2n) is 5.59. The third-order valence-corrected chi connectivity index (χ3v) is 4.48. The van der Waals surface area contributed by atoms with E-state index in [0.29, 0.717) is 11.7 Å². The Morgan fingerprint density at radius 1 is 1.19 bits per heavy atom.